The third-order valence-corrected chi connectivity index (χ3v) is 3.98. The second-order valence-electron chi connectivity index (χ2n) is 5.52. The molecule has 0 amide bonds. The smallest absolute Gasteiger partial charge is 0.336 e. The average molecular weight is 321 g/mol. The molecule has 0 atom stereocenters. The maximum atomic E-state index is 11.7. The van der Waals surface area contributed by atoms with Gasteiger partial charge in [-0.2, -0.15) is 0 Å². The van der Waals surface area contributed by atoms with Crippen LogP contribution in [0.1, 0.15) is 29.8 Å². The number of fused-ring (bicyclic) bond motifs is 1. The number of carbonyl (C=O) groups is 1. The molecule has 2 aromatic carbocycles. The third kappa shape index (κ3) is 3.08. The van der Waals surface area contributed by atoms with Gasteiger partial charge >= 0.3 is 5.97 Å². The molecule has 0 fully saturated rings. The maximum Gasteiger partial charge on any atom is 0.336 e. The molecule has 1 aromatic heterocycles. The number of carboxylic acids is 1. The number of nitrogens with zero attached hydrogens (tertiary/aromatic N) is 1. The minimum atomic E-state index is -0.970. The Morgan fingerprint density at radius 3 is 2.46 bits per heavy atom. The summed E-state index contributed by atoms with van der Waals surface area (Å²) in [5.74, 6) is -0.322. The van der Waals surface area contributed by atoms with Crippen molar-refractivity contribution in [2.75, 3.05) is 6.61 Å². The van der Waals surface area contributed by atoms with E-state index in [1.807, 2.05) is 37.3 Å². The predicted molar refractivity (Wildman–Crippen MR) is 94.7 cm³/mol. The molecule has 0 bridgehead atoms. The summed E-state index contributed by atoms with van der Waals surface area (Å²) in [4.78, 5) is 16.3. The number of carboxylic acid groups (broad SMARTS) is 1. The van der Waals surface area contributed by atoms with E-state index >= 15 is 0 Å². The van der Waals surface area contributed by atoms with Crippen LogP contribution in [0, 0.1) is 0 Å². The summed E-state index contributed by atoms with van der Waals surface area (Å²) in [5, 5.41) is 10.2. The molecule has 3 rings (SSSR count). The zero-order valence-corrected chi connectivity index (χ0v) is 13.7. The largest absolute Gasteiger partial charge is 0.494 e. The van der Waals surface area contributed by atoms with Crippen LogP contribution in [0.3, 0.4) is 0 Å². The van der Waals surface area contributed by atoms with Gasteiger partial charge in [-0.25, -0.2) is 9.78 Å². The van der Waals surface area contributed by atoms with Crippen molar-refractivity contribution in [2.24, 2.45) is 0 Å². The molecule has 0 aliphatic rings. The van der Waals surface area contributed by atoms with E-state index in [1.54, 1.807) is 18.2 Å². The molecule has 4 nitrogen and oxygen atoms in total. The van der Waals surface area contributed by atoms with Crippen LogP contribution in [0.5, 0.6) is 5.75 Å². The van der Waals surface area contributed by atoms with E-state index in [2.05, 4.69) is 11.9 Å². The van der Waals surface area contributed by atoms with E-state index in [4.69, 9.17) is 4.74 Å². The van der Waals surface area contributed by atoms with Crippen LogP contribution < -0.4 is 4.74 Å². The Hall–Kier alpha value is -2.88. The van der Waals surface area contributed by atoms with Gasteiger partial charge in [-0.15, -0.1) is 0 Å². The average Bonchev–Trinajstić information content (AvgIpc) is 2.61. The van der Waals surface area contributed by atoms with E-state index in [1.165, 1.54) is 5.56 Å². The maximum absolute atomic E-state index is 11.7. The first-order valence-corrected chi connectivity index (χ1v) is 8.02. The van der Waals surface area contributed by atoms with Gasteiger partial charge in [0.05, 0.1) is 23.4 Å². The molecule has 1 heterocycles. The van der Waals surface area contributed by atoms with Crippen molar-refractivity contribution < 1.29 is 14.6 Å². The van der Waals surface area contributed by atoms with E-state index < -0.39 is 5.97 Å². The van der Waals surface area contributed by atoms with E-state index in [0.29, 0.717) is 29.0 Å². The molecule has 0 unspecified atom stereocenters. The summed E-state index contributed by atoms with van der Waals surface area (Å²) < 4.78 is 5.47. The summed E-state index contributed by atoms with van der Waals surface area (Å²) in [6.07, 6.45) is 0.964. The Labute approximate surface area is 140 Å². The lowest BCUT2D eigenvalue weighted by Gasteiger charge is -2.10. The highest BCUT2D eigenvalue weighted by Crippen LogP contribution is 2.28. The molecule has 3 aromatic rings. The van der Waals surface area contributed by atoms with E-state index in [9.17, 15) is 9.90 Å². The van der Waals surface area contributed by atoms with Crippen molar-refractivity contribution in [1.82, 2.24) is 4.98 Å². The number of ether oxygens (including phenoxy) is 1. The first-order chi connectivity index (χ1) is 11.6. The van der Waals surface area contributed by atoms with Gasteiger partial charge in [-0.3, -0.25) is 0 Å². The highest BCUT2D eigenvalue weighted by atomic mass is 16.5. The Bertz CT molecular complexity index is 885. The molecular weight excluding hydrogens is 302 g/mol. The molecule has 0 radical (unpaired) electrons. The number of pyridine rings is 1. The summed E-state index contributed by atoms with van der Waals surface area (Å²) in [6.45, 7) is 4.52. The van der Waals surface area contributed by atoms with Gasteiger partial charge in [0.1, 0.15) is 5.75 Å². The number of rotatable bonds is 5. The van der Waals surface area contributed by atoms with Gasteiger partial charge in [0.15, 0.2) is 0 Å². The zero-order chi connectivity index (χ0) is 17.1. The quantitative estimate of drug-likeness (QED) is 0.748. The minimum absolute atomic E-state index is 0.233. The van der Waals surface area contributed by atoms with Gasteiger partial charge in [-0.05, 0) is 43.2 Å². The van der Waals surface area contributed by atoms with Crippen LogP contribution in [0.25, 0.3) is 22.2 Å². The Morgan fingerprint density at radius 2 is 1.83 bits per heavy atom. The highest BCUT2D eigenvalue weighted by Gasteiger charge is 2.14. The third-order valence-electron chi connectivity index (χ3n) is 3.98. The van der Waals surface area contributed by atoms with Gasteiger partial charge < -0.3 is 9.84 Å². The van der Waals surface area contributed by atoms with Crippen molar-refractivity contribution in [3.63, 3.8) is 0 Å². The molecular formula is C20H19NO3. The lowest BCUT2D eigenvalue weighted by Crippen LogP contribution is -2.01. The van der Waals surface area contributed by atoms with Crippen molar-refractivity contribution in [1.29, 1.82) is 0 Å². The molecule has 0 saturated heterocycles. The molecule has 0 spiro atoms. The van der Waals surface area contributed by atoms with Crippen molar-refractivity contribution in [3.8, 4) is 17.0 Å². The molecule has 0 aliphatic heterocycles. The lowest BCUT2D eigenvalue weighted by molar-refractivity contribution is 0.0699. The first kappa shape index (κ1) is 16.0. The fraction of sp³-hybridized carbons (Fsp3) is 0.200. The summed E-state index contributed by atoms with van der Waals surface area (Å²) in [7, 11) is 0. The van der Waals surface area contributed by atoms with Crippen molar-refractivity contribution in [2.45, 2.75) is 20.3 Å². The Balaban J connectivity index is 2.16. The fourth-order valence-corrected chi connectivity index (χ4v) is 2.70. The number of aromatic nitrogens is 1. The number of aromatic carboxylic acids is 1. The van der Waals surface area contributed by atoms with Crippen molar-refractivity contribution in [3.05, 3.63) is 59.7 Å². The van der Waals surface area contributed by atoms with Gasteiger partial charge in [0.2, 0.25) is 0 Å². The molecule has 0 saturated carbocycles. The minimum Gasteiger partial charge on any atom is -0.494 e. The Kier molecular flexibility index (Phi) is 4.47. The zero-order valence-electron chi connectivity index (χ0n) is 13.7. The molecule has 0 aliphatic carbocycles. The standard InChI is InChI=1S/C20H19NO3/c1-3-13-5-7-14(8-6-13)19-12-17(20(22)23)16-11-15(24-4-2)9-10-18(16)21-19/h5-12H,3-4H2,1-2H3,(H,22,23). The summed E-state index contributed by atoms with van der Waals surface area (Å²) in [5.41, 5.74) is 3.68. The second kappa shape index (κ2) is 6.71. The number of hydrogen-bond donors (Lipinski definition) is 1. The highest BCUT2D eigenvalue weighted by molar-refractivity contribution is 6.04. The summed E-state index contributed by atoms with van der Waals surface area (Å²) >= 11 is 0. The van der Waals surface area contributed by atoms with Gasteiger partial charge in [0.25, 0.3) is 0 Å². The van der Waals surface area contributed by atoms with Crippen LogP contribution in [0.4, 0.5) is 0 Å². The van der Waals surface area contributed by atoms with Crippen LogP contribution in [-0.2, 0) is 6.42 Å². The van der Waals surface area contributed by atoms with Crippen LogP contribution >= 0.6 is 0 Å². The topological polar surface area (TPSA) is 59.4 Å². The summed E-state index contributed by atoms with van der Waals surface area (Å²) in [6, 6.07) is 15.0. The van der Waals surface area contributed by atoms with Crippen LogP contribution in [-0.4, -0.2) is 22.7 Å². The predicted octanol–water partition coefficient (Wildman–Crippen LogP) is 4.56. The van der Waals surface area contributed by atoms with Crippen LogP contribution in [0.15, 0.2) is 48.5 Å². The number of hydrogen-bond acceptors (Lipinski definition) is 3. The SMILES string of the molecule is CCOc1ccc2nc(-c3ccc(CC)cc3)cc(C(=O)O)c2c1. The van der Waals surface area contributed by atoms with Crippen LogP contribution in [0.2, 0.25) is 0 Å². The lowest BCUT2D eigenvalue weighted by atomic mass is 10.0. The molecule has 24 heavy (non-hydrogen) atoms. The van der Waals surface area contributed by atoms with Gasteiger partial charge in [0, 0.05) is 10.9 Å². The van der Waals surface area contributed by atoms with Crippen molar-refractivity contribution >= 4 is 16.9 Å². The fourth-order valence-electron chi connectivity index (χ4n) is 2.70. The number of benzene rings is 2. The Morgan fingerprint density at radius 1 is 1.08 bits per heavy atom. The monoisotopic (exact) mass is 321 g/mol. The van der Waals surface area contributed by atoms with Gasteiger partial charge in [-0.1, -0.05) is 31.2 Å². The molecule has 1 N–H and O–H groups in total. The van der Waals surface area contributed by atoms with E-state index in [-0.39, 0.29) is 5.56 Å². The van der Waals surface area contributed by atoms with E-state index in [0.717, 1.165) is 12.0 Å². The normalized spacial score (nSPS) is 10.8. The molecule has 122 valence electrons. The first-order valence-electron chi connectivity index (χ1n) is 8.02. The number of aryl methyl sites for hydroxylation is 1. The second-order valence-corrected chi connectivity index (χ2v) is 5.52. The molecule has 4 heteroatoms.